The van der Waals surface area contributed by atoms with Gasteiger partial charge in [-0.25, -0.2) is 0 Å². The van der Waals surface area contributed by atoms with Crippen LogP contribution in [0.25, 0.3) is 22.3 Å². The van der Waals surface area contributed by atoms with Crippen molar-refractivity contribution in [3.63, 3.8) is 0 Å². The maximum Gasteiger partial charge on any atom is 0.231 e. The Hall–Kier alpha value is -2.86. The molecule has 0 unspecified atom stereocenters. The van der Waals surface area contributed by atoms with E-state index < -0.39 is 0 Å². The lowest BCUT2D eigenvalue weighted by Crippen LogP contribution is -2.01. The van der Waals surface area contributed by atoms with Crippen LogP contribution in [0.3, 0.4) is 0 Å². The van der Waals surface area contributed by atoms with Crippen LogP contribution in [0, 0.1) is 0 Å². The maximum atomic E-state index is 6.01. The molecule has 6 nitrogen and oxygen atoms in total. The molecule has 6 heteroatoms. The molecule has 0 bridgehead atoms. The van der Waals surface area contributed by atoms with Crippen molar-refractivity contribution in [1.82, 2.24) is 0 Å². The van der Waals surface area contributed by atoms with E-state index in [0.717, 1.165) is 16.5 Å². The third-order valence-corrected chi connectivity index (χ3v) is 3.96. The first kappa shape index (κ1) is 15.7. The smallest absolute Gasteiger partial charge is 0.231 e. The van der Waals surface area contributed by atoms with E-state index in [1.807, 2.05) is 43.3 Å². The van der Waals surface area contributed by atoms with Crippen molar-refractivity contribution in [2.45, 2.75) is 6.92 Å². The first-order chi connectivity index (χ1) is 12.3. The van der Waals surface area contributed by atoms with Gasteiger partial charge < -0.3 is 28.1 Å². The molecule has 0 fully saturated rings. The number of rotatable bonds is 6. The summed E-state index contributed by atoms with van der Waals surface area (Å²) in [5.74, 6) is 3.39. The summed E-state index contributed by atoms with van der Waals surface area (Å²) in [4.78, 5) is 0. The summed E-state index contributed by atoms with van der Waals surface area (Å²) in [6.45, 7) is 2.95. The Morgan fingerprint density at radius 3 is 2.68 bits per heavy atom. The molecule has 0 amide bonds. The van der Waals surface area contributed by atoms with E-state index in [9.17, 15) is 0 Å². The van der Waals surface area contributed by atoms with Gasteiger partial charge in [-0.3, -0.25) is 0 Å². The molecule has 0 N–H and O–H groups in total. The SMILES string of the molecule is CCOCOc1ccc2cc(-c3cc4c(cc3OC)OCO4)oc2c1. The molecule has 0 atom stereocenters. The van der Waals surface area contributed by atoms with Gasteiger partial charge in [0, 0.05) is 24.1 Å². The van der Waals surface area contributed by atoms with Crippen molar-refractivity contribution >= 4 is 11.0 Å². The van der Waals surface area contributed by atoms with Crippen molar-refractivity contribution in [1.29, 1.82) is 0 Å². The van der Waals surface area contributed by atoms with Crippen molar-refractivity contribution < 1.29 is 28.1 Å². The highest BCUT2D eigenvalue weighted by atomic mass is 16.7. The fourth-order valence-electron chi connectivity index (χ4n) is 2.71. The Bertz CT molecular complexity index is 898. The molecular formula is C19H18O6. The van der Waals surface area contributed by atoms with Gasteiger partial charge in [-0.15, -0.1) is 0 Å². The van der Waals surface area contributed by atoms with E-state index in [1.165, 1.54) is 0 Å². The van der Waals surface area contributed by atoms with E-state index >= 15 is 0 Å². The summed E-state index contributed by atoms with van der Waals surface area (Å²) in [6, 6.07) is 11.3. The zero-order valence-corrected chi connectivity index (χ0v) is 14.0. The van der Waals surface area contributed by atoms with Crippen LogP contribution in [0.4, 0.5) is 0 Å². The molecule has 0 saturated carbocycles. The van der Waals surface area contributed by atoms with Crippen LogP contribution in [0.15, 0.2) is 40.8 Å². The molecule has 1 aliphatic rings. The van der Waals surface area contributed by atoms with Crippen LogP contribution in [0.1, 0.15) is 6.92 Å². The van der Waals surface area contributed by atoms with E-state index in [2.05, 4.69) is 0 Å². The second-order valence-corrected chi connectivity index (χ2v) is 5.47. The standard InChI is InChI=1S/C19H18O6/c1-3-21-10-22-13-5-4-12-6-17(25-15(12)7-13)14-8-18-19(24-11-23-18)9-16(14)20-2/h4-9H,3,10-11H2,1-2H3. The van der Waals surface area contributed by atoms with Crippen LogP contribution >= 0.6 is 0 Å². The molecule has 3 aromatic rings. The second-order valence-electron chi connectivity index (χ2n) is 5.47. The number of hydrogen-bond donors (Lipinski definition) is 0. The second kappa shape index (κ2) is 6.57. The van der Waals surface area contributed by atoms with Gasteiger partial charge >= 0.3 is 0 Å². The highest BCUT2D eigenvalue weighted by Gasteiger charge is 2.20. The van der Waals surface area contributed by atoms with Gasteiger partial charge in [0.05, 0.1) is 12.7 Å². The minimum Gasteiger partial charge on any atom is -0.496 e. The topological polar surface area (TPSA) is 59.3 Å². The van der Waals surface area contributed by atoms with Crippen molar-refractivity contribution in [2.75, 3.05) is 27.3 Å². The Balaban J connectivity index is 1.70. The van der Waals surface area contributed by atoms with Crippen LogP contribution in [0.2, 0.25) is 0 Å². The van der Waals surface area contributed by atoms with Crippen molar-refractivity contribution in [2.24, 2.45) is 0 Å². The largest absolute Gasteiger partial charge is 0.496 e. The molecule has 0 saturated heterocycles. The highest BCUT2D eigenvalue weighted by molar-refractivity contribution is 5.85. The van der Waals surface area contributed by atoms with Crippen LogP contribution in [0.5, 0.6) is 23.0 Å². The summed E-state index contributed by atoms with van der Waals surface area (Å²) < 4.78 is 33.1. The predicted octanol–water partition coefficient (Wildman–Crippen LogP) is 4.21. The van der Waals surface area contributed by atoms with Gasteiger partial charge in [0.2, 0.25) is 6.79 Å². The molecular weight excluding hydrogens is 324 g/mol. The monoisotopic (exact) mass is 342 g/mol. The first-order valence-electron chi connectivity index (χ1n) is 8.00. The quantitative estimate of drug-likeness (QED) is 0.494. The third kappa shape index (κ3) is 2.96. The van der Waals surface area contributed by atoms with Gasteiger partial charge in [0.25, 0.3) is 0 Å². The number of furan rings is 1. The molecule has 1 aliphatic heterocycles. The Morgan fingerprint density at radius 1 is 1.04 bits per heavy atom. The lowest BCUT2D eigenvalue weighted by Gasteiger charge is -2.07. The fourth-order valence-corrected chi connectivity index (χ4v) is 2.71. The Labute approximate surface area is 144 Å². The fraction of sp³-hybridized carbons (Fsp3) is 0.263. The van der Waals surface area contributed by atoms with Gasteiger partial charge in [0.1, 0.15) is 22.8 Å². The number of hydrogen-bond acceptors (Lipinski definition) is 6. The van der Waals surface area contributed by atoms with E-state index in [4.69, 9.17) is 28.1 Å². The number of fused-ring (bicyclic) bond motifs is 2. The summed E-state index contributed by atoms with van der Waals surface area (Å²) in [7, 11) is 1.61. The predicted molar refractivity (Wildman–Crippen MR) is 91.4 cm³/mol. The van der Waals surface area contributed by atoms with Gasteiger partial charge in [-0.05, 0) is 31.2 Å². The number of benzene rings is 2. The normalized spacial score (nSPS) is 12.6. The molecule has 25 heavy (non-hydrogen) atoms. The number of ether oxygens (including phenoxy) is 5. The van der Waals surface area contributed by atoms with Crippen LogP contribution in [-0.2, 0) is 4.74 Å². The summed E-state index contributed by atoms with van der Waals surface area (Å²) in [5, 5.41) is 0.971. The molecule has 1 aromatic heterocycles. The average Bonchev–Trinajstić information content (AvgIpc) is 3.26. The zero-order valence-electron chi connectivity index (χ0n) is 14.0. The maximum absolute atomic E-state index is 6.01. The molecule has 4 rings (SSSR count). The molecule has 0 spiro atoms. The molecule has 130 valence electrons. The molecule has 2 aromatic carbocycles. The van der Waals surface area contributed by atoms with Crippen molar-refractivity contribution in [3.05, 3.63) is 36.4 Å². The van der Waals surface area contributed by atoms with Crippen LogP contribution in [-0.4, -0.2) is 27.3 Å². The third-order valence-electron chi connectivity index (χ3n) is 3.96. The highest BCUT2D eigenvalue weighted by Crippen LogP contribution is 2.43. The molecule has 0 radical (unpaired) electrons. The zero-order chi connectivity index (χ0) is 17.2. The van der Waals surface area contributed by atoms with E-state index in [-0.39, 0.29) is 13.6 Å². The lowest BCUT2D eigenvalue weighted by molar-refractivity contribution is 0.0224. The van der Waals surface area contributed by atoms with Crippen molar-refractivity contribution in [3.8, 4) is 34.3 Å². The van der Waals surface area contributed by atoms with Gasteiger partial charge in [0.15, 0.2) is 18.3 Å². The Kier molecular flexibility index (Phi) is 4.11. The summed E-state index contributed by atoms with van der Waals surface area (Å²) in [6.07, 6.45) is 0. The number of methoxy groups -OCH3 is 1. The van der Waals surface area contributed by atoms with E-state index in [1.54, 1.807) is 7.11 Å². The summed E-state index contributed by atoms with van der Waals surface area (Å²) >= 11 is 0. The van der Waals surface area contributed by atoms with Crippen LogP contribution < -0.4 is 18.9 Å². The first-order valence-corrected chi connectivity index (χ1v) is 8.00. The van der Waals surface area contributed by atoms with E-state index in [0.29, 0.717) is 35.4 Å². The summed E-state index contributed by atoms with van der Waals surface area (Å²) in [5.41, 5.74) is 1.53. The molecule has 2 heterocycles. The van der Waals surface area contributed by atoms with Gasteiger partial charge in [-0.2, -0.15) is 0 Å². The van der Waals surface area contributed by atoms with Gasteiger partial charge in [-0.1, -0.05) is 0 Å². The molecule has 0 aliphatic carbocycles. The minimum absolute atomic E-state index is 0.211. The Morgan fingerprint density at radius 2 is 1.88 bits per heavy atom. The minimum atomic E-state index is 0.211. The average molecular weight is 342 g/mol. The lowest BCUT2D eigenvalue weighted by atomic mass is 10.1.